The van der Waals surface area contributed by atoms with E-state index < -0.39 is 0 Å². The number of fused-ring (bicyclic) bond motifs is 1. The van der Waals surface area contributed by atoms with Gasteiger partial charge in [0.2, 0.25) is 5.91 Å². The number of amides is 1. The van der Waals surface area contributed by atoms with Gasteiger partial charge in [0.1, 0.15) is 0 Å². The Morgan fingerprint density at radius 2 is 1.82 bits per heavy atom. The Kier molecular flexibility index (Phi) is 4.34. The minimum Gasteiger partial charge on any atom is -0.342 e. The molecule has 1 aliphatic heterocycles. The number of benzene rings is 1. The number of carbonyl (C=O) groups is 1. The molecule has 1 aromatic heterocycles. The van der Waals surface area contributed by atoms with Gasteiger partial charge in [0.05, 0.1) is 29.0 Å². The fourth-order valence-corrected chi connectivity index (χ4v) is 2.88. The molecular formula is C17H22N4O. The SMILES string of the molecule is Cc1nc2ccccc2nc1CN(C)CC(=O)N1CCCC1. The van der Waals surface area contributed by atoms with Gasteiger partial charge < -0.3 is 4.90 Å². The van der Waals surface area contributed by atoms with E-state index in [1.54, 1.807) is 0 Å². The monoisotopic (exact) mass is 298 g/mol. The Balaban J connectivity index is 1.69. The Morgan fingerprint density at radius 1 is 1.18 bits per heavy atom. The maximum Gasteiger partial charge on any atom is 0.236 e. The van der Waals surface area contributed by atoms with Crippen LogP contribution >= 0.6 is 0 Å². The molecule has 1 aromatic carbocycles. The molecule has 2 aromatic rings. The number of likely N-dealkylation sites (N-methyl/N-ethyl adjacent to an activating group) is 1. The number of nitrogens with zero attached hydrogens (tertiary/aromatic N) is 4. The molecule has 1 amide bonds. The zero-order valence-corrected chi connectivity index (χ0v) is 13.2. The van der Waals surface area contributed by atoms with Crippen molar-refractivity contribution in [2.45, 2.75) is 26.3 Å². The van der Waals surface area contributed by atoms with Crippen molar-refractivity contribution in [1.82, 2.24) is 19.8 Å². The zero-order valence-electron chi connectivity index (χ0n) is 13.2. The molecule has 0 bridgehead atoms. The van der Waals surface area contributed by atoms with Crippen molar-refractivity contribution in [3.8, 4) is 0 Å². The molecule has 3 rings (SSSR count). The van der Waals surface area contributed by atoms with E-state index in [1.165, 1.54) is 0 Å². The Morgan fingerprint density at radius 3 is 2.50 bits per heavy atom. The summed E-state index contributed by atoms with van der Waals surface area (Å²) >= 11 is 0. The first-order chi connectivity index (χ1) is 10.6. The molecule has 0 aliphatic carbocycles. The van der Waals surface area contributed by atoms with Crippen LogP contribution in [0.5, 0.6) is 0 Å². The minimum absolute atomic E-state index is 0.214. The molecule has 2 heterocycles. The molecule has 5 heteroatoms. The van der Waals surface area contributed by atoms with Crippen LogP contribution < -0.4 is 0 Å². The van der Waals surface area contributed by atoms with E-state index in [0.717, 1.165) is 48.4 Å². The molecule has 1 fully saturated rings. The smallest absolute Gasteiger partial charge is 0.236 e. The summed E-state index contributed by atoms with van der Waals surface area (Å²) in [5.41, 5.74) is 3.69. The van der Waals surface area contributed by atoms with E-state index in [4.69, 9.17) is 4.98 Å². The first-order valence-corrected chi connectivity index (χ1v) is 7.82. The summed E-state index contributed by atoms with van der Waals surface area (Å²) in [6, 6.07) is 7.88. The lowest BCUT2D eigenvalue weighted by atomic mass is 10.2. The Bertz CT molecular complexity index is 679. The normalized spacial score (nSPS) is 15.0. The van der Waals surface area contributed by atoms with E-state index >= 15 is 0 Å². The Labute approximate surface area is 131 Å². The average Bonchev–Trinajstić information content (AvgIpc) is 3.02. The summed E-state index contributed by atoms with van der Waals surface area (Å²) in [5.74, 6) is 0.214. The molecule has 1 saturated heterocycles. The number of carbonyl (C=O) groups excluding carboxylic acids is 1. The van der Waals surface area contributed by atoms with Crippen molar-refractivity contribution in [1.29, 1.82) is 0 Å². The number of rotatable bonds is 4. The maximum atomic E-state index is 12.2. The first-order valence-electron chi connectivity index (χ1n) is 7.82. The van der Waals surface area contributed by atoms with E-state index in [0.29, 0.717) is 13.1 Å². The van der Waals surface area contributed by atoms with Gasteiger partial charge in [-0.05, 0) is 38.9 Å². The highest BCUT2D eigenvalue weighted by Crippen LogP contribution is 2.14. The van der Waals surface area contributed by atoms with Crippen molar-refractivity contribution in [3.05, 3.63) is 35.7 Å². The van der Waals surface area contributed by atoms with Crippen molar-refractivity contribution in [2.75, 3.05) is 26.7 Å². The highest BCUT2D eigenvalue weighted by Gasteiger charge is 2.19. The lowest BCUT2D eigenvalue weighted by Crippen LogP contribution is -2.37. The molecule has 0 N–H and O–H groups in total. The fourth-order valence-electron chi connectivity index (χ4n) is 2.88. The second-order valence-electron chi connectivity index (χ2n) is 6.00. The summed E-state index contributed by atoms with van der Waals surface area (Å²) in [7, 11) is 1.96. The van der Waals surface area contributed by atoms with Crippen LogP contribution in [-0.2, 0) is 11.3 Å². The van der Waals surface area contributed by atoms with Crippen LogP contribution in [-0.4, -0.2) is 52.4 Å². The third-order valence-electron chi connectivity index (χ3n) is 4.13. The van der Waals surface area contributed by atoms with Gasteiger partial charge in [-0.3, -0.25) is 9.69 Å². The lowest BCUT2D eigenvalue weighted by molar-refractivity contribution is -0.131. The van der Waals surface area contributed by atoms with Crippen LogP contribution in [0.4, 0.5) is 0 Å². The van der Waals surface area contributed by atoms with Gasteiger partial charge in [0, 0.05) is 19.6 Å². The zero-order chi connectivity index (χ0) is 15.5. The van der Waals surface area contributed by atoms with Crippen LogP contribution in [0.3, 0.4) is 0 Å². The minimum atomic E-state index is 0.214. The highest BCUT2D eigenvalue weighted by molar-refractivity contribution is 5.78. The van der Waals surface area contributed by atoms with Crippen molar-refractivity contribution in [3.63, 3.8) is 0 Å². The summed E-state index contributed by atoms with van der Waals surface area (Å²) in [6.07, 6.45) is 2.26. The molecule has 1 aliphatic rings. The van der Waals surface area contributed by atoms with Crippen LogP contribution in [0.2, 0.25) is 0 Å². The molecule has 22 heavy (non-hydrogen) atoms. The standard InChI is InChI=1S/C17H22N4O/c1-13-16(19-15-8-4-3-7-14(15)18-13)11-20(2)12-17(22)21-9-5-6-10-21/h3-4,7-8H,5-6,9-12H2,1-2H3. The van der Waals surface area contributed by atoms with E-state index in [2.05, 4.69) is 4.98 Å². The lowest BCUT2D eigenvalue weighted by Gasteiger charge is -2.21. The summed E-state index contributed by atoms with van der Waals surface area (Å²) < 4.78 is 0. The molecule has 116 valence electrons. The third kappa shape index (κ3) is 3.25. The number of para-hydroxylation sites is 2. The average molecular weight is 298 g/mol. The molecule has 0 unspecified atom stereocenters. The topological polar surface area (TPSA) is 49.3 Å². The molecule has 0 saturated carbocycles. The van der Waals surface area contributed by atoms with E-state index in [1.807, 2.05) is 48.0 Å². The molecule has 0 atom stereocenters. The van der Waals surface area contributed by atoms with Gasteiger partial charge in [-0.1, -0.05) is 12.1 Å². The summed E-state index contributed by atoms with van der Waals surface area (Å²) in [6.45, 7) is 4.87. The van der Waals surface area contributed by atoms with Gasteiger partial charge in [0.25, 0.3) is 0 Å². The largest absolute Gasteiger partial charge is 0.342 e. The first kappa shape index (κ1) is 14.9. The van der Waals surface area contributed by atoms with Crippen LogP contribution in [0.15, 0.2) is 24.3 Å². The molecule has 5 nitrogen and oxygen atoms in total. The predicted molar refractivity (Wildman–Crippen MR) is 86.4 cm³/mol. The summed E-state index contributed by atoms with van der Waals surface area (Å²) in [5, 5.41) is 0. The maximum absolute atomic E-state index is 12.2. The number of hydrogen-bond acceptors (Lipinski definition) is 4. The molecule has 0 radical (unpaired) electrons. The van der Waals surface area contributed by atoms with Crippen LogP contribution in [0.25, 0.3) is 11.0 Å². The Hall–Kier alpha value is -2.01. The van der Waals surface area contributed by atoms with Crippen molar-refractivity contribution < 1.29 is 4.79 Å². The number of aryl methyl sites for hydroxylation is 1. The molecular weight excluding hydrogens is 276 g/mol. The highest BCUT2D eigenvalue weighted by atomic mass is 16.2. The number of hydrogen-bond donors (Lipinski definition) is 0. The van der Waals surface area contributed by atoms with Gasteiger partial charge in [-0.25, -0.2) is 9.97 Å². The van der Waals surface area contributed by atoms with Gasteiger partial charge in [0.15, 0.2) is 0 Å². The van der Waals surface area contributed by atoms with Crippen LogP contribution in [0.1, 0.15) is 24.2 Å². The van der Waals surface area contributed by atoms with E-state index in [-0.39, 0.29) is 5.91 Å². The second-order valence-corrected chi connectivity index (χ2v) is 6.00. The van der Waals surface area contributed by atoms with Crippen molar-refractivity contribution >= 4 is 16.9 Å². The van der Waals surface area contributed by atoms with Crippen LogP contribution in [0, 0.1) is 6.92 Å². The number of aromatic nitrogens is 2. The fraction of sp³-hybridized carbons (Fsp3) is 0.471. The van der Waals surface area contributed by atoms with Gasteiger partial charge in [-0.2, -0.15) is 0 Å². The number of likely N-dealkylation sites (tertiary alicyclic amines) is 1. The molecule has 0 spiro atoms. The summed E-state index contributed by atoms with van der Waals surface area (Å²) in [4.78, 5) is 25.5. The van der Waals surface area contributed by atoms with Crippen molar-refractivity contribution in [2.24, 2.45) is 0 Å². The predicted octanol–water partition coefficient (Wildman–Crippen LogP) is 1.99. The van der Waals surface area contributed by atoms with Gasteiger partial charge in [-0.15, -0.1) is 0 Å². The second kappa shape index (κ2) is 6.40. The quantitative estimate of drug-likeness (QED) is 0.866. The van der Waals surface area contributed by atoms with E-state index in [9.17, 15) is 4.79 Å². The third-order valence-corrected chi connectivity index (χ3v) is 4.13. The van der Waals surface area contributed by atoms with Gasteiger partial charge >= 0.3 is 0 Å².